The van der Waals surface area contributed by atoms with E-state index < -0.39 is 64.7 Å². The van der Waals surface area contributed by atoms with E-state index in [0.717, 1.165) is 21.9 Å². The summed E-state index contributed by atoms with van der Waals surface area (Å²) in [7, 11) is 1.46. The van der Waals surface area contributed by atoms with Crippen molar-refractivity contribution in [2.45, 2.75) is 121 Å². The molecule has 2 rings (SSSR count). The van der Waals surface area contributed by atoms with Gasteiger partial charge in [0.15, 0.2) is 12.2 Å². The van der Waals surface area contributed by atoms with Gasteiger partial charge in [0.25, 0.3) is 0 Å². The molecule has 1 heterocycles. The van der Waals surface area contributed by atoms with Crippen LogP contribution in [-0.4, -0.2) is 62.3 Å². The number of methoxy groups -OCH3 is 1. The second-order valence-electron chi connectivity index (χ2n) is 15.4. The first kappa shape index (κ1) is 39.7. The van der Waals surface area contributed by atoms with Crippen molar-refractivity contribution >= 4 is 40.1 Å². The van der Waals surface area contributed by atoms with Crippen LogP contribution in [0.5, 0.6) is 0 Å². The second-order valence-corrected chi connectivity index (χ2v) is 16.3. The number of carbonyl (C=O) groups excluding carboxylic acids is 4. The largest absolute Gasteiger partial charge is 0.462 e. The van der Waals surface area contributed by atoms with Crippen LogP contribution in [0.25, 0.3) is 0 Å². The molecule has 1 aromatic rings. The quantitative estimate of drug-likeness (QED) is 0.178. The lowest BCUT2D eigenvalue weighted by molar-refractivity contribution is -0.259. The third kappa shape index (κ3) is 11.9. The molecule has 0 bridgehead atoms. The Bertz CT molecular complexity index is 1150. The fraction of sp³-hybridized carbons (Fsp3) is 0.706. The average Bonchev–Trinajstić information content (AvgIpc) is 2.86. The van der Waals surface area contributed by atoms with Crippen LogP contribution in [0.15, 0.2) is 22.7 Å². The Balaban J connectivity index is 0.00000146. The van der Waals surface area contributed by atoms with Crippen molar-refractivity contribution in [1.29, 1.82) is 0 Å². The van der Waals surface area contributed by atoms with Crippen LogP contribution in [0.2, 0.25) is 0 Å². The topological polar surface area (TPSA) is 114 Å². The number of benzene rings is 1. The first-order chi connectivity index (χ1) is 19.8. The van der Waals surface area contributed by atoms with Gasteiger partial charge in [-0.25, -0.2) is 0 Å². The summed E-state index contributed by atoms with van der Waals surface area (Å²) >= 11 is 3.49. The van der Waals surface area contributed by atoms with Crippen molar-refractivity contribution < 1.29 is 42.9 Å². The number of ether oxygens (including phenoxy) is 5. The standard InChI is InChI=1S/C29H43BrO8.C5H10O/c1-16-14-17(30)12-13-18(16)20-22(37-25(32)28(5,6)7)23(38-26(33)29(8,9)10)21(34-11)19(36-20)15-35-24(31)27(2,3)4;1-5(2,3)4-6/h12-14,19-23H,15H2,1-11H3;4H,1-3H3/t19?,20-,21-,22?,23?;/m1./s1. The maximum atomic E-state index is 13.1. The van der Waals surface area contributed by atoms with Gasteiger partial charge in [-0.2, -0.15) is 0 Å². The summed E-state index contributed by atoms with van der Waals surface area (Å²) < 4.78 is 30.8. The molecule has 0 N–H and O–H groups in total. The Kier molecular flexibility index (Phi) is 13.8. The van der Waals surface area contributed by atoms with Crippen molar-refractivity contribution in [3.05, 3.63) is 33.8 Å². The molecular formula is C34H53BrO9. The summed E-state index contributed by atoms with van der Waals surface area (Å²) in [5.41, 5.74) is -0.880. The molecule has 1 saturated heterocycles. The molecular weight excluding hydrogens is 632 g/mol. The average molecular weight is 686 g/mol. The molecule has 0 spiro atoms. The van der Waals surface area contributed by atoms with Crippen LogP contribution in [0.4, 0.5) is 0 Å². The van der Waals surface area contributed by atoms with Gasteiger partial charge in [0.2, 0.25) is 0 Å². The second kappa shape index (κ2) is 15.3. The summed E-state index contributed by atoms with van der Waals surface area (Å²) in [6.07, 6.45) is -3.62. The van der Waals surface area contributed by atoms with E-state index in [4.69, 9.17) is 23.7 Å². The highest BCUT2D eigenvalue weighted by Crippen LogP contribution is 2.40. The molecule has 250 valence electrons. The highest BCUT2D eigenvalue weighted by molar-refractivity contribution is 9.10. The zero-order chi connectivity index (χ0) is 34.4. The van der Waals surface area contributed by atoms with E-state index in [0.29, 0.717) is 0 Å². The molecule has 0 aliphatic carbocycles. The van der Waals surface area contributed by atoms with E-state index >= 15 is 0 Å². The van der Waals surface area contributed by atoms with Gasteiger partial charge in [-0.3, -0.25) is 14.4 Å². The lowest BCUT2D eigenvalue weighted by atomic mass is 9.87. The minimum atomic E-state index is -1.03. The molecule has 0 amide bonds. The van der Waals surface area contributed by atoms with Crippen LogP contribution in [0.3, 0.4) is 0 Å². The first-order valence-electron chi connectivity index (χ1n) is 14.8. The molecule has 10 heteroatoms. The molecule has 9 nitrogen and oxygen atoms in total. The highest BCUT2D eigenvalue weighted by Gasteiger charge is 2.53. The molecule has 1 aromatic carbocycles. The van der Waals surface area contributed by atoms with Crippen molar-refractivity contribution in [2.75, 3.05) is 13.7 Å². The van der Waals surface area contributed by atoms with Gasteiger partial charge in [-0.1, -0.05) is 42.8 Å². The van der Waals surface area contributed by atoms with Gasteiger partial charge in [0.1, 0.15) is 31.2 Å². The lowest BCUT2D eigenvalue weighted by Gasteiger charge is -2.46. The maximum absolute atomic E-state index is 13.1. The number of hydrogen-bond acceptors (Lipinski definition) is 9. The smallest absolute Gasteiger partial charge is 0.311 e. The van der Waals surface area contributed by atoms with Crippen LogP contribution in [-0.2, 0) is 42.9 Å². The van der Waals surface area contributed by atoms with E-state index in [1.54, 1.807) is 62.3 Å². The van der Waals surface area contributed by atoms with E-state index in [1.165, 1.54) is 7.11 Å². The van der Waals surface area contributed by atoms with Gasteiger partial charge < -0.3 is 28.5 Å². The normalized spacial score (nSPS) is 22.7. The SMILES string of the molecule is CC(C)(C)C=O.CO[C@@H]1C(COC(=O)C(C)(C)C)O[C@H](c2ccc(Br)cc2C)C(OC(=O)C(C)(C)C)C1OC(=O)C(C)(C)C. The summed E-state index contributed by atoms with van der Waals surface area (Å²) in [5.74, 6) is -1.37. The number of halogens is 1. The Morgan fingerprint density at radius 3 is 1.64 bits per heavy atom. The Hall–Kier alpha value is -2.30. The van der Waals surface area contributed by atoms with Crippen LogP contribution in [0.1, 0.15) is 100 Å². The first-order valence-corrected chi connectivity index (χ1v) is 15.6. The van der Waals surface area contributed by atoms with Gasteiger partial charge in [0, 0.05) is 17.0 Å². The predicted octanol–water partition coefficient (Wildman–Crippen LogP) is 6.95. The summed E-state index contributed by atoms with van der Waals surface area (Å²) in [5, 5.41) is 0. The molecule has 44 heavy (non-hydrogen) atoms. The van der Waals surface area contributed by atoms with Gasteiger partial charge >= 0.3 is 17.9 Å². The molecule has 1 aliphatic heterocycles. The number of aldehydes is 1. The Labute approximate surface area is 272 Å². The lowest BCUT2D eigenvalue weighted by Crippen LogP contribution is -2.60. The monoisotopic (exact) mass is 684 g/mol. The Morgan fingerprint density at radius 2 is 1.25 bits per heavy atom. The maximum Gasteiger partial charge on any atom is 0.311 e. The third-order valence-corrected chi connectivity index (χ3v) is 6.99. The number of esters is 3. The zero-order valence-corrected chi connectivity index (χ0v) is 30.5. The highest BCUT2D eigenvalue weighted by atomic mass is 79.9. The number of hydrogen-bond donors (Lipinski definition) is 0. The number of aryl methyl sites for hydroxylation is 1. The van der Waals surface area contributed by atoms with Crippen LogP contribution in [0, 0.1) is 28.6 Å². The minimum Gasteiger partial charge on any atom is -0.462 e. The molecule has 1 fully saturated rings. The molecule has 3 unspecified atom stereocenters. The number of carbonyl (C=O) groups is 4. The fourth-order valence-corrected chi connectivity index (χ4v) is 4.26. The van der Waals surface area contributed by atoms with E-state index in [9.17, 15) is 19.2 Å². The van der Waals surface area contributed by atoms with Crippen molar-refractivity contribution in [3.63, 3.8) is 0 Å². The van der Waals surface area contributed by atoms with E-state index in [1.807, 2.05) is 45.9 Å². The molecule has 0 aromatic heterocycles. The summed E-state index contributed by atoms with van der Waals surface area (Å²) in [6.45, 7) is 23.2. The molecule has 0 saturated carbocycles. The van der Waals surface area contributed by atoms with Crippen molar-refractivity contribution in [2.24, 2.45) is 21.7 Å². The minimum absolute atomic E-state index is 0.135. The van der Waals surface area contributed by atoms with E-state index in [2.05, 4.69) is 15.9 Å². The fourth-order valence-electron chi connectivity index (χ4n) is 3.78. The van der Waals surface area contributed by atoms with E-state index in [-0.39, 0.29) is 12.0 Å². The van der Waals surface area contributed by atoms with Crippen LogP contribution >= 0.6 is 15.9 Å². The number of rotatable bonds is 6. The zero-order valence-electron chi connectivity index (χ0n) is 29.0. The third-order valence-electron chi connectivity index (χ3n) is 6.50. The molecule has 1 aliphatic rings. The predicted molar refractivity (Wildman–Crippen MR) is 172 cm³/mol. The summed E-state index contributed by atoms with van der Waals surface area (Å²) in [6, 6.07) is 5.66. The molecule has 5 atom stereocenters. The molecule has 0 radical (unpaired) electrons. The van der Waals surface area contributed by atoms with Crippen molar-refractivity contribution in [3.8, 4) is 0 Å². The van der Waals surface area contributed by atoms with Crippen LogP contribution < -0.4 is 0 Å². The Morgan fingerprint density at radius 1 is 0.795 bits per heavy atom. The van der Waals surface area contributed by atoms with Gasteiger partial charge in [-0.05, 0) is 92.5 Å². The van der Waals surface area contributed by atoms with Gasteiger partial charge in [0.05, 0.1) is 16.2 Å². The summed E-state index contributed by atoms with van der Waals surface area (Å²) in [4.78, 5) is 48.7. The van der Waals surface area contributed by atoms with Crippen molar-refractivity contribution in [1.82, 2.24) is 0 Å². The van der Waals surface area contributed by atoms with Gasteiger partial charge in [-0.15, -0.1) is 0 Å².